The Morgan fingerprint density at radius 3 is 2.73 bits per heavy atom. The smallest absolute Gasteiger partial charge is 0.265 e. The zero-order valence-corrected chi connectivity index (χ0v) is 16.2. The molecule has 0 saturated carbocycles. The summed E-state index contributed by atoms with van der Waals surface area (Å²) in [6.45, 7) is 1.63. The molecule has 0 aliphatic heterocycles. The van der Waals surface area contributed by atoms with Gasteiger partial charge in [-0.3, -0.25) is 4.79 Å². The standard InChI is InChI=1S/C17H15Cl2N3O3S/c1-8(25-12-4-3-9(18)5-11(12)19)16(23)21-10-6-13(24-2)15-14(7-10)26-17(20)22-15/h3-8H,1-2H3,(H2,20,22)(H,21,23). The van der Waals surface area contributed by atoms with Crippen LogP contribution in [-0.4, -0.2) is 24.1 Å². The van der Waals surface area contributed by atoms with E-state index in [1.807, 2.05) is 0 Å². The lowest BCUT2D eigenvalue weighted by Gasteiger charge is -2.16. The Balaban J connectivity index is 1.77. The molecule has 3 N–H and O–H groups in total. The Kier molecular flexibility index (Phi) is 5.41. The average Bonchev–Trinajstić information content (AvgIpc) is 2.96. The molecule has 3 aromatic rings. The van der Waals surface area contributed by atoms with E-state index in [1.165, 1.54) is 18.4 Å². The number of halogens is 2. The van der Waals surface area contributed by atoms with E-state index in [9.17, 15) is 4.79 Å². The summed E-state index contributed by atoms with van der Waals surface area (Å²) in [7, 11) is 1.53. The topological polar surface area (TPSA) is 86.5 Å². The first-order chi connectivity index (χ1) is 12.4. The molecule has 0 spiro atoms. The van der Waals surface area contributed by atoms with E-state index in [-0.39, 0.29) is 5.91 Å². The molecule has 0 bridgehead atoms. The van der Waals surface area contributed by atoms with E-state index in [1.54, 1.807) is 37.3 Å². The lowest BCUT2D eigenvalue weighted by molar-refractivity contribution is -0.122. The van der Waals surface area contributed by atoms with Crippen molar-refractivity contribution in [3.8, 4) is 11.5 Å². The number of nitrogens with zero attached hydrogens (tertiary/aromatic N) is 1. The summed E-state index contributed by atoms with van der Waals surface area (Å²) in [6, 6.07) is 8.27. The van der Waals surface area contributed by atoms with Gasteiger partial charge in [-0.2, -0.15) is 0 Å². The molecule has 2 aromatic carbocycles. The number of methoxy groups -OCH3 is 1. The molecule has 1 amide bonds. The van der Waals surface area contributed by atoms with Gasteiger partial charge in [-0.25, -0.2) is 4.98 Å². The van der Waals surface area contributed by atoms with Crippen LogP contribution in [0.15, 0.2) is 30.3 Å². The van der Waals surface area contributed by atoms with Gasteiger partial charge in [0.25, 0.3) is 5.91 Å². The number of nitrogens with two attached hydrogens (primary N) is 1. The van der Waals surface area contributed by atoms with Gasteiger partial charge in [-0.1, -0.05) is 34.5 Å². The van der Waals surface area contributed by atoms with E-state index in [2.05, 4.69) is 10.3 Å². The number of nitrogen functional groups attached to an aromatic ring is 1. The zero-order chi connectivity index (χ0) is 18.8. The predicted octanol–water partition coefficient (Wildman–Crippen LogP) is 4.60. The molecule has 136 valence electrons. The molecule has 0 aliphatic rings. The largest absolute Gasteiger partial charge is 0.494 e. The summed E-state index contributed by atoms with van der Waals surface area (Å²) in [5, 5.41) is 4.04. The number of fused-ring (bicyclic) bond motifs is 1. The second-order valence-electron chi connectivity index (χ2n) is 5.40. The molecule has 0 radical (unpaired) electrons. The molecule has 1 atom stereocenters. The van der Waals surface area contributed by atoms with Crippen molar-refractivity contribution < 1.29 is 14.3 Å². The number of ether oxygens (including phenoxy) is 2. The van der Waals surface area contributed by atoms with E-state index >= 15 is 0 Å². The SMILES string of the molecule is COc1cc(NC(=O)C(C)Oc2ccc(Cl)cc2Cl)cc2sc(N)nc12. The van der Waals surface area contributed by atoms with Gasteiger partial charge < -0.3 is 20.5 Å². The minimum atomic E-state index is -0.776. The summed E-state index contributed by atoms with van der Waals surface area (Å²) in [5.74, 6) is 0.567. The van der Waals surface area contributed by atoms with Crippen molar-refractivity contribution in [2.24, 2.45) is 0 Å². The first-order valence-electron chi connectivity index (χ1n) is 7.54. The van der Waals surface area contributed by atoms with Gasteiger partial charge in [0.15, 0.2) is 11.2 Å². The third-order valence-electron chi connectivity index (χ3n) is 3.53. The number of hydrogen-bond donors (Lipinski definition) is 2. The fourth-order valence-corrected chi connectivity index (χ4v) is 3.55. The maximum atomic E-state index is 12.5. The van der Waals surface area contributed by atoms with Crippen molar-refractivity contribution in [2.75, 3.05) is 18.2 Å². The molecule has 1 unspecified atom stereocenters. The lowest BCUT2D eigenvalue weighted by atomic mass is 10.2. The van der Waals surface area contributed by atoms with Crippen molar-refractivity contribution in [3.63, 3.8) is 0 Å². The molecule has 9 heteroatoms. The minimum absolute atomic E-state index is 0.334. The third kappa shape index (κ3) is 3.95. The van der Waals surface area contributed by atoms with Gasteiger partial charge in [0, 0.05) is 16.8 Å². The van der Waals surface area contributed by atoms with Crippen LogP contribution in [0.2, 0.25) is 10.0 Å². The highest BCUT2D eigenvalue weighted by molar-refractivity contribution is 7.22. The van der Waals surface area contributed by atoms with Crippen molar-refractivity contribution in [2.45, 2.75) is 13.0 Å². The second kappa shape index (κ2) is 7.57. The highest BCUT2D eigenvalue weighted by Crippen LogP contribution is 2.34. The second-order valence-corrected chi connectivity index (χ2v) is 7.31. The van der Waals surface area contributed by atoms with Crippen LogP contribution in [0.3, 0.4) is 0 Å². The van der Waals surface area contributed by atoms with Crippen molar-refractivity contribution in [1.29, 1.82) is 0 Å². The number of nitrogens with one attached hydrogen (secondary N) is 1. The quantitative estimate of drug-likeness (QED) is 0.640. The molecule has 0 fully saturated rings. The van der Waals surface area contributed by atoms with E-state index < -0.39 is 6.10 Å². The number of carbonyl (C=O) groups excluding carboxylic acids is 1. The van der Waals surface area contributed by atoms with E-state index in [4.69, 9.17) is 38.4 Å². The number of hydrogen-bond acceptors (Lipinski definition) is 6. The van der Waals surface area contributed by atoms with Crippen LogP contribution in [0, 0.1) is 0 Å². The predicted molar refractivity (Wildman–Crippen MR) is 106 cm³/mol. The lowest BCUT2D eigenvalue weighted by Crippen LogP contribution is -2.30. The van der Waals surface area contributed by atoms with Crippen molar-refractivity contribution in [3.05, 3.63) is 40.4 Å². The van der Waals surface area contributed by atoms with Crippen LogP contribution in [0.1, 0.15) is 6.92 Å². The Labute approximate surface area is 163 Å². The number of thiazole rings is 1. The molecule has 1 aromatic heterocycles. The van der Waals surface area contributed by atoms with E-state index in [0.29, 0.717) is 37.9 Å². The Morgan fingerprint density at radius 1 is 1.27 bits per heavy atom. The Bertz CT molecular complexity index is 977. The number of rotatable bonds is 5. The normalized spacial score (nSPS) is 12.0. The Morgan fingerprint density at radius 2 is 2.04 bits per heavy atom. The fraction of sp³-hybridized carbons (Fsp3) is 0.176. The monoisotopic (exact) mass is 411 g/mol. The van der Waals surface area contributed by atoms with Gasteiger partial charge in [0.1, 0.15) is 17.0 Å². The molecule has 3 rings (SSSR count). The van der Waals surface area contributed by atoms with Gasteiger partial charge in [-0.15, -0.1) is 0 Å². The van der Waals surface area contributed by atoms with Gasteiger partial charge in [-0.05, 0) is 31.2 Å². The van der Waals surface area contributed by atoms with Crippen LogP contribution in [-0.2, 0) is 4.79 Å². The van der Waals surface area contributed by atoms with Crippen LogP contribution >= 0.6 is 34.5 Å². The summed E-state index contributed by atoms with van der Waals surface area (Å²) in [6.07, 6.45) is -0.776. The average molecular weight is 412 g/mol. The van der Waals surface area contributed by atoms with Crippen molar-refractivity contribution >= 4 is 61.5 Å². The molecular formula is C17H15Cl2N3O3S. The summed E-state index contributed by atoms with van der Waals surface area (Å²) in [4.78, 5) is 16.7. The number of anilines is 2. The molecule has 26 heavy (non-hydrogen) atoms. The molecule has 0 saturated heterocycles. The summed E-state index contributed by atoms with van der Waals surface area (Å²) < 4.78 is 11.8. The highest BCUT2D eigenvalue weighted by atomic mass is 35.5. The van der Waals surface area contributed by atoms with Crippen LogP contribution in [0.25, 0.3) is 10.2 Å². The molecule has 6 nitrogen and oxygen atoms in total. The number of benzene rings is 2. The third-order valence-corrected chi connectivity index (χ3v) is 4.89. The first kappa shape index (κ1) is 18.6. The number of aromatic nitrogens is 1. The van der Waals surface area contributed by atoms with Crippen LogP contribution < -0.4 is 20.5 Å². The van der Waals surface area contributed by atoms with Crippen molar-refractivity contribution in [1.82, 2.24) is 4.98 Å². The maximum absolute atomic E-state index is 12.5. The van der Waals surface area contributed by atoms with Gasteiger partial charge in [0.05, 0.1) is 16.8 Å². The number of amides is 1. The highest BCUT2D eigenvalue weighted by Gasteiger charge is 2.18. The molecule has 0 aliphatic carbocycles. The fourth-order valence-electron chi connectivity index (χ4n) is 2.30. The zero-order valence-electron chi connectivity index (χ0n) is 13.9. The summed E-state index contributed by atoms with van der Waals surface area (Å²) >= 11 is 13.2. The molecular weight excluding hydrogens is 397 g/mol. The van der Waals surface area contributed by atoms with Crippen LogP contribution in [0.4, 0.5) is 10.8 Å². The maximum Gasteiger partial charge on any atom is 0.265 e. The first-order valence-corrected chi connectivity index (χ1v) is 9.11. The Hall–Kier alpha value is -2.22. The van der Waals surface area contributed by atoms with Gasteiger partial charge >= 0.3 is 0 Å². The number of carbonyl (C=O) groups is 1. The molecule has 1 heterocycles. The van der Waals surface area contributed by atoms with Crippen LogP contribution in [0.5, 0.6) is 11.5 Å². The summed E-state index contributed by atoms with van der Waals surface area (Å²) in [5.41, 5.74) is 6.96. The van der Waals surface area contributed by atoms with E-state index in [0.717, 1.165) is 4.70 Å². The van der Waals surface area contributed by atoms with Gasteiger partial charge in [0.2, 0.25) is 0 Å². The minimum Gasteiger partial charge on any atom is -0.494 e.